The molecule has 0 heterocycles. The molecule has 0 saturated heterocycles. The van der Waals surface area contributed by atoms with Crippen molar-refractivity contribution in [1.29, 1.82) is 0 Å². The second-order valence-electron chi connectivity index (χ2n) is 2.79. The van der Waals surface area contributed by atoms with Crippen LogP contribution in [-0.4, -0.2) is 17.5 Å². The molecule has 0 amide bonds. The van der Waals surface area contributed by atoms with Crippen molar-refractivity contribution in [2.75, 3.05) is 0 Å². The number of carboxylic acid groups (broad SMARTS) is 1. The summed E-state index contributed by atoms with van der Waals surface area (Å²) in [7, 11) is 0. The van der Waals surface area contributed by atoms with Gasteiger partial charge >= 0.3 is 5.97 Å². The minimum atomic E-state index is -1.02. The van der Waals surface area contributed by atoms with E-state index in [1.807, 2.05) is 67.8 Å². The summed E-state index contributed by atoms with van der Waals surface area (Å²) in [6, 6.07) is 0. The maximum absolute atomic E-state index is 11.1. The number of carbonyl (C=O) groups is 2. The first-order chi connectivity index (χ1) is 7.41. The highest BCUT2D eigenvalue weighted by Gasteiger charge is 2.23. The molecule has 0 aliphatic rings. The Balaban J connectivity index is 3.65. The predicted octanol–water partition coefficient (Wildman–Crippen LogP) is 3.04. The van der Waals surface area contributed by atoms with Crippen LogP contribution in [0.3, 0.4) is 0 Å². The van der Waals surface area contributed by atoms with Gasteiger partial charge in [-0.15, -0.1) is 0 Å². The minimum Gasteiger partial charge on any atom is -0.478 e. The second kappa shape index (κ2) is 5.80. The minimum absolute atomic E-state index is 0.177. The van der Waals surface area contributed by atoms with Gasteiger partial charge in [-0.1, -0.05) is 0 Å². The van der Waals surface area contributed by atoms with Crippen LogP contribution in [-0.2, 0) is 4.79 Å². The second-order valence-corrected chi connectivity index (χ2v) is 6.03. The third-order valence-corrected chi connectivity index (χ3v) is 5.55. The van der Waals surface area contributed by atoms with E-state index in [-0.39, 0.29) is 5.56 Å². The lowest BCUT2D eigenvalue weighted by molar-refractivity contribution is -0.120. The lowest BCUT2D eigenvalue weighted by atomic mass is 10.1. The molecule has 0 aliphatic carbocycles. The van der Waals surface area contributed by atoms with Crippen molar-refractivity contribution in [3.8, 4) is 5.75 Å². The highest BCUT2D eigenvalue weighted by Crippen LogP contribution is 2.36. The van der Waals surface area contributed by atoms with Gasteiger partial charge in [0.25, 0.3) is 6.47 Å². The first kappa shape index (κ1) is 14.4. The third-order valence-electron chi connectivity index (χ3n) is 1.88. The zero-order valence-electron chi connectivity index (χ0n) is 7.88. The van der Waals surface area contributed by atoms with Gasteiger partial charge < -0.3 is 9.84 Å². The van der Waals surface area contributed by atoms with E-state index in [9.17, 15) is 9.59 Å². The molecule has 1 N–H and O–H groups in total. The topological polar surface area (TPSA) is 63.6 Å². The van der Waals surface area contributed by atoms with Crippen LogP contribution in [0.25, 0.3) is 0 Å². The van der Waals surface area contributed by atoms with Crippen molar-refractivity contribution in [2.24, 2.45) is 0 Å². The summed E-state index contributed by atoms with van der Waals surface area (Å²) in [5.41, 5.74) is 0.979. The van der Waals surface area contributed by atoms with Gasteiger partial charge in [0, 0.05) is 3.57 Å². The van der Waals surface area contributed by atoms with Crippen molar-refractivity contribution in [2.45, 2.75) is 6.92 Å². The maximum Gasteiger partial charge on any atom is 0.338 e. The molecule has 0 spiro atoms. The van der Waals surface area contributed by atoms with Gasteiger partial charge in [-0.2, -0.15) is 0 Å². The molecule has 1 aromatic rings. The zero-order chi connectivity index (χ0) is 12.5. The van der Waals surface area contributed by atoms with Crippen LogP contribution >= 0.6 is 67.8 Å². The third kappa shape index (κ3) is 2.60. The van der Waals surface area contributed by atoms with Crippen LogP contribution in [0.1, 0.15) is 15.9 Å². The fourth-order valence-corrected chi connectivity index (χ4v) is 4.98. The molecule has 86 valence electrons. The number of carboxylic acids is 1. The quantitative estimate of drug-likeness (QED) is 0.459. The fourth-order valence-electron chi connectivity index (χ4n) is 1.10. The van der Waals surface area contributed by atoms with E-state index >= 15 is 0 Å². The zero-order valence-corrected chi connectivity index (χ0v) is 14.4. The van der Waals surface area contributed by atoms with E-state index in [1.54, 1.807) is 6.92 Å². The summed E-state index contributed by atoms with van der Waals surface area (Å²) < 4.78 is 6.69. The normalized spacial score (nSPS) is 10.0. The lowest BCUT2D eigenvalue weighted by Crippen LogP contribution is -2.09. The Morgan fingerprint density at radius 3 is 2.25 bits per heavy atom. The molecular formula is C9H5I3O4. The van der Waals surface area contributed by atoms with Gasteiger partial charge in [0.2, 0.25) is 0 Å². The van der Waals surface area contributed by atoms with Crippen LogP contribution in [0.2, 0.25) is 0 Å². The Labute approximate surface area is 133 Å². The van der Waals surface area contributed by atoms with E-state index in [1.165, 1.54) is 0 Å². The van der Waals surface area contributed by atoms with Gasteiger partial charge in [0.1, 0.15) is 0 Å². The molecule has 0 bridgehead atoms. The average Bonchev–Trinajstić information content (AvgIpc) is 2.21. The number of benzene rings is 1. The maximum atomic E-state index is 11.1. The van der Waals surface area contributed by atoms with Crippen LogP contribution < -0.4 is 4.74 Å². The Bertz CT molecular complexity index is 471. The van der Waals surface area contributed by atoms with Crippen molar-refractivity contribution >= 4 is 80.2 Å². The number of hydrogen-bond donors (Lipinski definition) is 1. The monoisotopic (exact) mass is 558 g/mol. The van der Waals surface area contributed by atoms with E-state index < -0.39 is 5.97 Å². The number of carbonyl (C=O) groups excluding carboxylic acids is 1. The smallest absolute Gasteiger partial charge is 0.338 e. The van der Waals surface area contributed by atoms with Crippen LogP contribution in [0.5, 0.6) is 5.75 Å². The number of halogens is 3. The van der Waals surface area contributed by atoms with Gasteiger partial charge in [-0.3, -0.25) is 4.79 Å². The van der Waals surface area contributed by atoms with Crippen molar-refractivity contribution < 1.29 is 19.4 Å². The Hall–Kier alpha value is 0.350. The molecule has 1 rings (SSSR count). The number of ether oxygens (including phenoxy) is 1. The fraction of sp³-hybridized carbons (Fsp3) is 0.111. The van der Waals surface area contributed by atoms with Crippen LogP contribution in [0.15, 0.2) is 0 Å². The van der Waals surface area contributed by atoms with E-state index in [2.05, 4.69) is 0 Å². The summed E-state index contributed by atoms with van der Waals surface area (Å²) in [4.78, 5) is 21.5. The standard InChI is InChI=1S/C9H5I3O4/c1-3-5(10)4(9(14)15)7(12)8(6(3)11)16-2-13/h2H,1H3,(H,14,15). The average molecular weight is 558 g/mol. The molecule has 1 aromatic carbocycles. The molecule has 0 unspecified atom stereocenters. The Morgan fingerprint density at radius 1 is 1.25 bits per heavy atom. The number of hydrogen-bond acceptors (Lipinski definition) is 3. The largest absolute Gasteiger partial charge is 0.478 e. The lowest BCUT2D eigenvalue weighted by Gasteiger charge is -2.13. The summed E-state index contributed by atoms with van der Waals surface area (Å²) in [5.74, 6) is -0.712. The molecule has 0 radical (unpaired) electrons. The van der Waals surface area contributed by atoms with E-state index in [0.29, 0.717) is 19.4 Å². The molecule has 4 nitrogen and oxygen atoms in total. The molecule has 0 aromatic heterocycles. The van der Waals surface area contributed by atoms with Crippen LogP contribution in [0.4, 0.5) is 0 Å². The van der Waals surface area contributed by atoms with Crippen molar-refractivity contribution in [3.63, 3.8) is 0 Å². The molecular weight excluding hydrogens is 553 g/mol. The summed E-state index contributed by atoms with van der Waals surface area (Å²) in [6.07, 6.45) is 0. The van der Waals surface area contributed by atoms with Gasteiger partial charge in [-0.25, -0.2) is 4.79 Å². The summed E-state index contributed by atoms with van der Waals surface area (Å²) in [6.45, 7) is 2.10. The molecule has 0 fully saturated rings. The molecule has 0 aliphatic heterocycles. The highest BCUT2D eigenvalue weighted by molar-refractivity contribution is 14.1. The molecule has 16 heavy (non-hydrogen) atoms. The van der Waals surface area contributed by atoms with Gasteiger partial charge in [0.05, 0.1) is 12.7 Å². The van der Waals surface area contributed by atoms with E-state index in [4.69, 9.17) is 9.84 Å². The Kier molecular flexibility index (Phi) is 5.22. The number of aromatic carboxylic acids is 1. The van der Waals surface area contributed by atoms with Crippen molar-refractivity contribution in [3.05, 3.63) is 21.8 Å². The predicted molar refractivity (Wildman–Crippen MR) is 83.0 cm³/mol. The molecule has 0 saturated carbocycles. The van der Waals surface area contributed by atoms with Gasteiger partial charge in [-0.05, 0) is 80.3 Å². The Morgan fingerprint density at radius 2 is 1.81 bits per heavy atom. The summed E-state index contributed by atoms with van der Waals surface area (Å²) >= 11 is 5.89. The molecule has 7 heteroatoms. The first-order valence-electron chi connectivity index (χ1n) is 3.92. The van der Waals surface area contributed by atoms with Crippen molar-refractivity contribution in [1.82, 2.24) is 0 Å². The SMILES string of the molecule is Cc1c(I)c(OC=O)c(I)c(C(=O)O)c1I. The summed E-state index contributed by atoms with van der Waals surface area (Å²) in [5, 5.41) is 9.10. The van der Waals surface area contributed by atoms with Gasteiger partial charge in [0.15, 0.2) is 5.75 Å². The number of rotatable bonds is 3. The first-order valence-corrected chi connectivity index (χ1v) is 7.16. The van der Waals surface area contributed by atoms with Crippen LogP contribution in [0, 0.1) is 17.6 Å². The molecule has 0 atom stereocenters. The highest BCUT2D eigenvalue weighted by atomic mass is 127. The van der Waals surface area contributed by atoms with E-state index in [0.717, 1.165) is 9.13 Å².